The van der Waals surface area contributed by atoms with Gasteiger partial charge in [-0.3, -0.25) is 33.6 Å². The number of aromatic amines is 2. The van der Waals surface area contributed by atoms with Crippen LogP contribution in [0.3, 0.4) is 0 Å². The van der Waals surface area contributed by atoms with Gasteiger partial charge in [0.1, 0.15) is 36.3 Å². The van der Waals surface area contributed by atoms with Crippen molar-refractivity contribution >= 4 is 63.2 Å². The molecule has 69 heavy (non-hydrogen) atoms. The van der Waals surface area contributed by atoms with Gasteiger partial charge in [-0.25, -0.2) is 0 Å². The highest BCUT2D eigenvalue weighted by atomic mass is 16.5. The van der Waals surface area contributed by atoms with Gasteiger partial charge in [-0.1, -0.05) is 69.0 Å². The number of carbonyl (C=O) groups excluding carboxylic acids is 7. The Labute approximate surface area is 402 Å². The molecule has 8 rings (SSSR count). The average Bonchev–Trinajstić information content (AvgIpc) is 4.17. The highest BCUT2D eigenvalue weighted by Crippen LogP contribution is 2.40. The van der Waals surface area contributed by atoms with Crippen molar-refractivity contribution in [2.75, 3.05) is 46.6 Å². The van der Waals surface area contributed by atoms with Crippen LogP contribution in [-0.4, -0.2) is 143 Å². The fourth-order valence-corrected chi connectivity index (χ4v) is 11.0. The third-order valence-electron chi connectivity index (χ3n) is 14.6. The van der Waals surface area contributed by atoms with Crippen LogP contribution in [0.1, 0.15) is 88.7 Å². The lowest BCUT2D eigenvalue weighted by Gasteiger charge is -2.37. The molecule has 4 heterocycles. The number of para-hydroxylation sites is 2. The number of amides is 7. The molecule has 4 aromatic rings. The predicted octanol–water partition coefficient (Wildman–Crippen LogP) is 2.90. The van der Waals surface area contributed by atoms with Crippen LogP contribution in [0.5, 0.6) is 0 Å². The molecule has 4 fully saturated rings. The molecule has 0 bridgehead atoms. The third kappa shape index (κ3) is 11.3. The van der Waals surface area contributed by atoms with Crippen LogP contribution in [0.4, 0.5) is 0 Å². The summed E-state index contributed by atoms with van der Waals surface area (Å²) < 4.78 is 10.4. The molecule has 2 saturated heterocycles. The van der Waals surface area contributed by atoms with E-state index in [0.717, 1.165) is 52.2 Å². The number of aromatic nitrogens is 2. The van der Waals surface area contributed by atoms with Gasteiger partial charge in [0.15, 0.2) is 0 Å². The van der Waals surface area contributed by atoms with Crippen molar-refractivity contribution < 1.29 is 43.0 Å². The molecule has 2 saturated carbocycles. The molecule has 0 radical (unpaired) electrons. The smallest absolute Gasteiger partial charge is 0.246 e. The number of ether oxygens (including phenoxy) is 2. The summed E-state index contributed by atoms with van der Waals surface area (Å²) in [6, 6.07) is 10.5. The molecule has 7 N–H and O–H groups in total. The Kier molecular flexibility index (Phi) is 16.0. The number of rotatable bonds is 14. The number of nitrogens with zero attached hydrogens (tertiary/aromatic N) is 2. The van der Waals surface area contributed by atoms with Gasteiger partial charge >= 0.3 is 0 Å². The first-order valence-corrected chi connectivity index (χ1v) is 24.8. The highest BCUT2D eigenvalue weighted by Gasteiger charge is 2.50. The van der Waals surface area contributed by atoms with Crippen molar-refractivity contribution in [3.05, 3.63) is 72.1 Å². The molecule has 18 heteroatoms. The third-order valence-corrected chi connectivity index (χ3v) is 14.6. The minimum absolute atomic E-state index is 0.0243. The lowest BCUT2D eigenvalue weighted by molar-refractivity contribution is -0.147. The Bertz CT molecular complexity index is 2500. The summed E-state index contributed by atoms with van der Waals surface area (Å²) in [5.41, 5.74) is 1.79. The molecule has 6 atom stereocenters. The molecule has 2 aromatic carbocycles. The second-order valence-electron chi connectivity index (χ2n) is 19.2. The minimum atomic E-state index is -1.43. The maximum absolute atomic E-state index is 15.0. The zero-order valence-corrected chi connectivity index (χ0v) is 39.7. The van der Waals surface area contributed by atoms with Gasteiger partial charge in [0.05, 0.1) is 19.8 Å². The molecule has 370 valence electrons. The summed E-state index contributed by atoms with van der Waals surface area (Å²) in [6.45, 7) is 1.95. The lowest BCUT2D eigenvalue weighted by Crippen LogP contribution is -2.65. The summed E-state index contributed by atoms with van der Waals surface area (Å²) in [5.74, 6) is -3.54. The lowest BCUT2D eigenvalue weighted by atomic mass is 9.84. The highest BCUT2D eigenvalue weighted by molar-refractivity contribution is 6.00. The van der Waals surface area contributed by atoms with E-state index in [0.29, 0.717) is 38.7 Å². The van der Waals surface area contributed by atoms with Crippen LogP contribution in [0.2, 0.25) is 0 Å². The van der Waals surface area contributed by atoms with Crippen LogP contribution in [0.15, 0.2) is 60.9 Å². The van der Waals surface area contributed by atoms with E-state index in [4.69, 9.17) is 9.47 Å². The van der Waals surface area contributed by atoms with Crippen molar-refractivity contribution in [3.8, 4) is 0 Å². The molecule has 2 aliphatic carbocycles. The fraction of sp³-hybridized carbons (Fsp3) is 0.549. The summed E-state index contributed by atoms with van der Waals surface area (Å²) in [5, 5.41) is 16.6. The molecular formula is C51H67N9O9. The Morgan fingerprint density at radius 1 is 0.768 bits per heavy atom. The Morgan fingerprint density at radius 3 is 2.07 bits per heavy atom. The van der Waals surface area contributed by atoms with E-state index in [1.165, 1.54) is 12.0 Å². The number of nitrogens with one attached hydrogen (secondary N) is 7. The zero-order chi connectivity index (χ0) is 48.5. The summed E-state index contributed by atoms with van der Waals surface area (Å²) in [7, 11) is 1.53. The number of hydrogen-bond acceptors (Lipinski definition) is 9. The molecule has 2 aliphatic heterocycles. The second-order valence-corrected chi connectivity index (χ2v) is 19.2. The molecule has 3 unspecified atom stereocenters. The van der Waals surface area contributed by atoms with Gasteiger partial charge < -0.3 is 55.8 Å². The van der Waals surface area contributed by atoms with Crippen molar-refractivity contribution in [2.24, 2.45) is 5.92 Å². The van der Waals surface area contributed by atoms with Crippen LogP contribution >= 0.6 is 0 Å². The Morgan fingerprint density at radius 2 is 1.41 bits per heavy atom. The second kappa shape index (κ2) is 22.4. The maximum Gasteiger partial charge on any atom is 0.246 e. The normalized spacial score (nSPS) is 24.9. The van der Waals surface area contributed by atoms with Crippen molar-refractivity contribution in [2.45, 2.75) is 126 Å². The number of benzene rings is 2. The molecule has 7 amide bonds. The topological polar surface area (TPSA) is 236 Å². The van der Waals surface area contributed by atoms with Crippen LogP contribution in [-0.2, 0) is 55.9 Å². The Balaban J connectivity index is 1.17. The first-order chi connectivity index (χ1) is 33.5. The predicted molar refractivity (Wildman–Crippen MR) is 257 cm³/mol. The zero-order valence-electron chi connectivity index (χ0n) is 39.7. The number of methoxy groups -OCH3 is 1. The van der Waals surface area contributed by atoms with Crippen molar-refractivity contribution in [1.29, 1.82) is 0 Å². The summed E-state index contributed by atoms with van der Waals surface area (Å²) in [4.78, 5) is 112. The summed E-state index contributed by atoms with van der Waals surface area (Å²) in [6.07, 6.45) is 9.77. The van der Waals surface area contributed by atoms with E-state index >= 15 is 0 Å². The van der Waals surface area contributed by atoms with Crippen molar-refractivity contribution in [3.63, 3.8) is 0 Å². The molecule has 18 nitrogen and oxygen atoms in total. The van der Waals surface area contributed by atoms with Crippen LogP contribution in [0, 0.1) is 5.92 Å². The maximum atomic E-state index is 15.0. The van der Waals surface area contributed by atoms with Crippen LogP contribution in [0.25, 0.3) is 21.8 Å². The minimum Gasteiger partial charge on any atom is -0.382 e. The van der Waals surface area contributed by atoms with Crippen molar-refractivity contribution in [1.82, 2.24) is 46.4 Å². The van der Waals surface area contributed by atoms with Gasteiger partial charge in [0, 0.05) is 73.3 Å². The molecule has 4 aliphatic rings. The van der Waals surface area contributed by atoms with Gasteiger partial charge in [-0.2, -0.15) is 0 Å². The fourth-order valence-electron chi connectivity index (χ4n) is 11.0. The van der Waals surface area contributed by atoms with E-state index in [2.05, 4.69) is 36.6 Å². The van der Waals surface area contributed by atoms with E-state index in [-0.39, 0.29) is 76.9 Å². The standard InChI is InChI=1S/C51H67N9O9/c1-3-22-59-30-45(62)60-42-17-9-4-12-32(42)27-43(60)48(65)56-41(26-34-29-54-38-16-8-6-14-36(34)38)47(64)58-51(19-10-11-20-51)50(67)57-40(25-33-28-53-37-15-7-5-13-35(33)37)46(63)55-39(49(59)66)18-21-52-44(61)31-69-24-23-68-2/h5-8,13-16,28-29,32,39-43,53-54H,3-4,9-12,17-27,30-31H2,1-2H3,(H,52,61)(H,55,63)(H,56,65)(H,57,67)(H,58,64)/t32?,39-,40?,41-,42-,43?/m0/s1. The largest absolute Gasteiger partial charge is 0.382 e. The number of hydrogen-bond donors (Lipinski definition) is 7. The molecule has 2 aromatic heterocycles. The van der Waals surface area contributed by atoms with Crippen LogP contribution < -0.4 is 26.6 Å². The summed E-state index contributed by atoms with van der Waals surface area (Å²) >= 11 is 0. The van der Waals surface area contributed by atoms with Gasteiger partial charge in [-0.05, 0) is 74.1 Å². The Hall–Kier alpha value is -6.27. The number of carbonyl (C=O) groups is 7. The SMILES string of the molecule is CCCN1CC(=O)N2C(CC3CCCC[C@@H]32)C(=O)N[C@@H](Cc2c[nH]c3ccccc23)C(=O)NC2(CCCC2)C(=O)NC(Cc2c[nH]c3ccccc23)C(=O)N[C@@H](CCNC(=O)COCCOC)C1=O. The molecule has 1 spiro atoms. The number of H-pyrrole nitrogens is 2. The monoisotopic (exact) mass is 950 g/mol. The average molecular weight is 950 g/mol. The van der Waals surface area contributed by atoms with Gasteiger partial charge in [0.25, 0.3) is 0 Å². The molecular weight excluding hydrogens is 883 g/mol. The van der Waals surface area contributed by atoms with E-state index < -0.39 is 71.1 Å². The van der Waals surface area contributed by atoms with E-state index in [9.17, 15) is 33.6 Å². The first kappa shape index (κ1) is 49.2. The van der Waals surface area contributed by atoms with Gasteiger partial charge in [-0.15, -0.1) is 0 Å². The number of fused-ring (bicyclic) bond motifs is 5. The van der Waals surface area contributed by atoms with E-state index in [1.807, 2.05) is 61.7 Å². The quantitative estimate of drug-likeness (QED) is 0.0920. The first-order valence-electron chi connectivity index (χ1n) is 24.8. The van der Waals surface area contributed by atoms with E-state index in [1.54, 1.807) is 11.1 Å². The van der Waals surface area contributed by atoms with Gasteiger partial charge in [0.2, 0.25) is 41.4 Å².